The van der Waals surface area contributed by atoms with Crippen LogP contribution >= 0.6 is 0 Å². The first-order valence-corrected chi connectivity index (χ1v) is 5.50. The summed E-state index contributed by atoms with van der Waals surface area (Å²) in [5.41, 5.74) is 0.882. The highest BCUT2D eigenvalue weighted by Crippen LogP contribution is 2.36. The molecule has 1 nitrogen and oxygen atoms in total. The normalized spacial score (nSPS) is 19.4. The molecule has 4 heteroatoms. The molecule has 0 bridgehead atoms. The molecule has 1 unspecified atom stereocenters. The Hall–Kier alpha value is -1.45. The lowest BCUT2D eigenvalue weighted by Gasteiger charge is -2.24. The van der Waals surface area contributed by atoms with Crippen molar-refractivity contribution in [1.82, 2.24) is 0 Å². The van der Waals surface area contributed by atoms with Crippen molar-refractivity contribution in [3.8, 4) is 5.75 Å². The van der Waals surface area contributed by atoms with Crippen LogP contribution in [-0.4, -0.2) is 6.10 Å². The van der Waals surface area contributed by atoms with Crippen molar-refractivity contribution < 1.29 is 17.9 Å². The molecule has 0 saturated carbocycles. The summed E-state index contributed by atoms with van der Waals surface area (Å²) in [7, 11) is 0. The molecule has 0 N–H and O–H groups in total. The molecule has 0 fully saturated rings. The maximum Gasteiger partial charge on any atom is 0.416 e. The molecular weight excluding hydrogens is 229 g/mol. The van der Waals surface area contributed by atoms with Gasteiger partial charge in [-0.3, -0.25) is 0 Å². The minimum Gasteiger partial charge on any atom is -0.486 e. The Morgan fingerprint density at radius 2 is 2.00 bits per heavy atom. The van der Waals surface area contributed by atoms with Crippen molar-refractivity contribution in [2.75, 3.05) is 0 Å². The highest BCUT2D eigenvalue weighted by Gasteiger charge is 2.31. The molecule has 0 aromatic heterocycles. The van der Waals surface area contributed by atoms with Gasteiger partial charge in [0.25, 0.3) is 0 Å². The fraction of sp³-hybridized carbons (Fsp3) is 0.385. The van der Waals surface area contributed by atoms with Crippen LogP contribution in [0.2, 0.25) is 0 Å². The summed E-state index contributed by atoms with van der Waals surface area (Å²) in [5, 5.41) is 0. The van der Waals surface area contributed by atoms with Crippen LogP contribution in [0.5, 0.6) is 5.75 Å². The summed E-state index contributed by atoms with van der Waals surface area (Å²) >= 11 is 0. The van der Waals surface area contributed by atoms with E-state index in [1.165, 1.54) is 6.07 Å². The van der Waals surface area contributed by atoms with Crippen molar-refractivity contribution >= 4 is 6.08 Å². The van der Waals surface area contributed by atoms with Crippen LogP contribution in [0.1, 0.15) is 31.4 Å². The number of ether oxygens (including phenoxy) is 1. The van der Waals surface area contributed by atoms with E-state index in [-0.39, 0.29) is 6.10 Å². The van der Waals surface area contributed by atoms with E-state index < -0.39 is 11.7 Å². The summed E-state index contributed by atoms with van der Waals surface area (Å²) < 4.78 is 43.2. The van der Waals surface area contributed by atoms with Crippen molar-refractivity contribution in [3.63, 3.8) is 0 Å². The van der Waals surface area contributed by atoms with E-state index in [0.29, 0.717) is 11.3 Å². The zero-order valence-electron chi connectivity index (χ0n) is 9.64. The lowest BCUT2D eigenvalue weighted by molar-refractivity contribution is -0.137. The van der Waals surface area contributed by atoms with Crippen molar-refractivity contribution in [1.29, 1.82) is 0 Å². The van der Waals surface area contributed by atoms with Gasteiger partial charge in [-0.15, -0.1) is 0 Å². The second-order valence-electron chi connectivity index (χ2n) is 4.08. The SMILES string of the molecule is CCC1=Cc2cc(C(F)(F)F)ccc2OC1C. The molecule has 1 aromatic carbocycles. The monoisotopic (exact) mass is 242 g/mol. The standard InChI is InChI=1S/C13H13F3O/c1-3-9-6-10-7-11(13(14,15)16)4-5-12(10)17-8(9)2/h4-8H,3H2,1-2H3. The molecule has 1 heterocycles. The van der Waals surface area contributed by atoms with Gasteiger partial charge in [0, 0.05) is 5.56 Å². The quantitative estimate of drug-likeness (QED) is 0.714. The predicted molar refractivity (Wildman–Crippen MR) is 59.8 cm³/mol. The Morgan fingerprint density at radius 3 is 2.59 bits per heavy atom. The van der Waals surface area contributed by atoms with Crippen LogP contribution < -0.4 is 4.74 Å². The number of rotatable bonds is 1. The zero-order valence-corrected chi connectivity index (χ0v) is 9.64. The maximum atomic E-state index is 12.6. The van der Waals surface area contributed by atoms with Crippen LogP contribution in [0.25, 0.3) is 6.08 Å². The number of hydrogen-bond donors (Lipinski definition) is 0. The molecule has 0 saturated heterocycles. The van der Waals surface area contributed by atoms with E-state index in [4.69, 9.17) is 4.74 Å². The molecule has 1 aliphatic rings. The van der Waals surface area contributed by atoms with Gasteiger partial charge < -0.3 is 4.74 Å². The predicted octanol–water partition coefficient (Wildman–Crippen LogP) is 4.28. The van der Waals surface area contributed by atoms with Crippen LogP contribution in [0.3, 0.4) is 0 Å². The van der Waals surface area contributed by atoms with Gasteiger partial charge in [0.15, 0.2) is 0 Å². The van der Waals surface area contributed by atoms with Crippen molar-refractivity contribution in [2.24, 2.45) is 0 Å². The van der Waals surface area contributed by atoms with Crippen molar-refractivity contribution in [3.05, 3.63) is 34.9 Å². The van der Waals surface area contributed by atoms with E-state index in [9.17, 15) is 13.2 Å². The Bertz CT molecular complexity index is 460. The third kappa shape index (κ3) is 2.30. The van der Waals surface area contributed by atoms with Gasteiger partial charge in [0.2, 0.25) is 0 Å². The highest BCUT2D eigenvalue weighted by molar-refractivity contribution is 5.64. The molecule has 92 valence electrons. The smallest absolute Gasteiger partial charge is 0.416 e. The lowest BCUT2D eigenvalue weighted by Crippen LogP contribution is -2.19. The molecule has 0 spiro atoms. The van der Waals surface area contributed by atoms with Gasteiger partial charge in [-0.25, -0.2) is 0 Å². The molecule has 1 aliphatic heterocycles. The summed E-state index contributed by atoms with van der Waals surface area (Å²) in [5.74, 6) is 0.516. The largest absolute Gasteiger partial charge is 0.486 e. The van der Waals surface area contributed by atoms with Crippen LogP contribution in [0, 0.1) is 0 Å². The van der Waals surface area contributed by atoms with Crippen molar-refractivity contribution in [2.45, 2.75) is 32.5 Å². The molecular formula is C13H13F3O. The average Bonchev–Trinajstić information content (AvgIpc) is 2.26. The van der Waals surface area contributed by atoms with Gasteiger partial charge in [-0.05, 0) is 43.2 Å². The first-order chi connectivity index (χ1) is 7.91. The Morgan fingerprint density at radius 1 is 1.29 bits per heavy atom. The first-order valence-electron chi connectivity index (χ1n) is 5.50. The van der Waals surface area contributed by atoms with Gasteiger partial charge in [-0.2, -0.15) is 13.2 Å². The third-order valence-corrected chi connectivity index (χ3v) is 2.91. The molecule has 2 rings (SSSR count). The number of halogens is 3. The Kier molecular flexibility index (Phi) is 2.89. The molecule has 0 amide bonds. The van der Waals surface area contributed by atoms with Gasteiger partial charge in [0.05, 0.1) is 5.56 Å². The molecule has 1 aromatic rings. The van der Waals surface area contributed by atoms with Gasteiger partial charge >= 0.3 is 6.18 Å². The number of fused-ring (bicyclic) bond motifs is 1. The average molecular weight is 242 g/mol. The Balaban J connectivity index is 2.46. The van der Waals surface area contributed by atoms with Crippen LogP contribution in [0.15, 0.2) is 23.8 Å². The summed E-state index contributed by atoms with van der Waals surface area (Å²) in [6.07, 6.45) is -1.81. The summed E-state index contributed by atoms with van der Waals surface area (Å²) in [4.78, 5) is 0. The summed E-state index contributed by atoms with van der Waals surface area (Å²) in [6.45, 7) is 3.86. The fourth-order valence-corrected chi connectivity index (χ4v) is 1.92. The third-order valence-electron chi connectivity index (χ3n) is 2.91. The van der Waals surface area contributed by atoms with Crippen LogP contribution in [0.4, 0.5) is 13.2 Å². The van der Waals surface area contributed by atoms with E-state index in [2.05, 4.69) is 0 Å². The lowest BCUT2D eigenvalue weighted by atomic mass is 9.99. The maximum absolute atomic E-state index is 12.6. The van der Waals surface area contributed by atoms with Gasteiger partial charge in [-0.1, -0.05) is 6.92 Å². The topological polar surface area (TPSA) is 9.23 Å². The summed E-state index contributed by atoms with van der Waals surface area (Å²) in [6, 6.07) is 3.57. The minimum atomic E-state index is -4.31. The first kappa shape index (κ1) is 12.0. The second-order valence-corrected chi connectivity index (χ2v) is 4.08. The number of alkyl halides is 3. The van der Waals surface area contributed by atoms with E-state index in [1.807, 2.05) is 13.8 Å². The number of benzene rings is 1. The fourth-order valence-electron chi connectivity index (χ4n) is 1.92. The highest BCUT2D eigenvalue weighted by atomic mass is 19.4. The van der Waals surface area contributed by atoms with Gasteiger partial charge in [0.1, 0.15) is 11.9 Å². The van der Waals surface area contributed by atoms with E-state index in [1.54, 1.807) is 6.08 Å². The molecule has 1 atom stereocenters. The van der Waals surface area contributed by atoms with E-state index >= 15 is 0 Å². The van der Waals surface area contributed by atoms with E-state index in [0.717, 1.165) is 24.1 Å². The second kappa shape index (κ2) is 4.09. The minimum absolute atomic E-state index is 0.0655. The Labute approximate surface area is 97.9 Å². The number of hydrogen-bond acceptors (Lipinski definition) is 1. The zero-order chi connectivity index (χ0) is 12.6. The molecule has 0 radical (unpaired) electrons. The molecule has 17 heavy (non-hydrogen) atoms. The molecule has 0 aliphatic carbocycles. The van der Waals surface area contributed by atoms with Crippen LogP contribution in [-0.2, 0) is 6.18 Å².